The molecule has 1 aromatic carbocycles. The van der Waals surface area contributed by atoms with Crippen molar-refractivity contribution in [3.63, 3.8) is 0 Å². The van der Waals surface area contributed by atoms with Gasteiger partial charge < -0.3 is 9.42 Å². The van der Waals surface area contributed by atoms with Crippen LogP contribution in [0.1, 0.15) is 47.1 Å². The van der Waals surface area contributed by atoms with E-state index >= 15 is 0 Å². The Morgan fingerprint density at radius 2 is 1.81 bits per heavy atom. The van der Waals surface area contributed by atoms with E-state index in [0.717, 1.165) is 11.3 Å². The van der Waals surface area contributed by atoms with Crippen molar-refractivity contribution in [1.82, 2.24) is 19.3 Å². The van der Waals surface area contributed by atoms with Crippen molar-refractivity contribution in [2.24, 2.45) is 0 Å². The number of pyridine rings is 1. The minimum absolute atomic E-state index is 0.0373. The van der Waals surface area contributed by atoms with Gasteiger partial charge in [-0.15, -0.1) is 0 Å². The molecule has 0 spiro atoms. The first kappa shape index (κ1) is 21.5. The number of piperazine rings is 1. The summed E-state index contributed by atoms with van der Waals surface area (Å²) < 4.78 is 32.4. The van der Waals surface area contributed by atoms with E-state index in [4.69, 9.17) is 4.52 Å². The van der Waals surface area contributed by atoms with Gasteiger partial charge in [0, 0.05) is 31.9 Å². The highest BCUT2D eigenvalue weighted by Crippen LogP contribution is 2.26. The Morgan fingerprint density at radius 1 is 1.13 bits per heavy atom. The highest BCUT2D eigenvalue weighted by Gasteiger charge is 2.31. The second-order valence-electron chi connectivity index (χ2n) is 8.13. The molecule has 164 valence electrons. The molecule has 0 saturated carbocycles. The third-order valence-corrected chi connectivity index (χ3v) is 7.42. The fraction of sp³-hybridized carbons (Fsp3) is 0.409. The Balaban J connectivity index is 1.52. The van der Waals surface area contributed by atoms with Crippen LogP contribution < -0.4 is 0 Å². The lowest BCUT2D eigenvalue weighted by atomic mass is 10.0. The number of rotatable bonds is 5. The molecule has 0 atom stereocenters. The molecule has 3 heterocycles. The van der Waals surface area contributed by atoms with Gasteiger partial charge in [-0.1, -0.05) is 49.3 Å². The highest BCUT2D eigenvalue weighted by molar-refractivity contribution is 7.88. The molecule has 0 N–H and O–H groups in total. The molecule has 3 aromatic rings. The molecule has 0 radical (unpaired) electrons. The first-order chi connectivity index (χ1) is 14.8. The van der Waals surface area contributed by atoms with Gasteiger partial charge in [0.25, 0.3) is 11.6 Å². The number of nitrogens with zero attached hydrogens (tertiary/aromatic N) is 4. The normalized spacial score (nSPS) is 15.7. The third-order valence-electron chi connectivity index (χ3n) is 5.57. The van der Waals surface area contributed by atoms with Gasteiger partial charge in [0.15, 0.2) is 0 Å². The quantitative estimate of drug-likeness (QED) is 0.603. The van der Waals surface area contributed by atoms with Crippen LogP contribution in [0.25, 0.3) is 11.1 Å². The molecule has 1 fully saturated rings. The average molecular weight is 443 g/mol. The summed E-state index contributed by atoms with van der Waals surface area (Å²) in [5, 5.41) is 4.59. The van der Waals surface area contributed by atoms with E-state index in [2.05, 4.69) is 10.1 Å². The maximum Gasteiger partial charge on any atom is 0.259 e. The zero-order valence-corrected chi connectivity index (χ0v) is 18.7. The van der Waals surface area contributed by atoms with Crippen LogP contribution in [-0.4, -0.2) is 59.8 Å². The monoisotopic (exact) mass is 442 g/mol. The Kier molecular flexibility index (Phi) is 5.81. The van der Waals surface area contributed by atoms with Crippen LogP contribution in [0.15, 0.2) is 40.9 Å². The van der Waals surface area contributed by atoms with Crippen LogP contribution >= 0.6 is 0 Å². The van der Waals surface area contributed by atoms with Gasteiger partial charge in [-0.3, -0.25) is 4.79 Å². The fourth-order valence-electron chi connectivity index (χ4n) is 3.79. The van der Waals surface area contributed by atoms with Gasteiger partial charge in [0.1, 0.15) is 0 Å². The molecule has 1 amide bonds. The largest absolute Gasteiger partial charge is 0.336 e. The minimum Gasteiger partial charge on any atom is -0.336 e. The number of aromatic nitrogens is 2. The molecule has 0 aliphatic carbocycles. The second kappa shape index (κ2) is 8.39. The summed E-state index contributed by atoms with van der Waals surface area (Å²) in [6.07, 6.45) is 0. The summed E-state index contributed by atoms with van der Waals surface area (Å²) in [5.74, 6) is -0.0632. The zero-order chi connectivity index (χ0) is 22.2. The van der Waals surface area contributed by atoms with E-state index in [1.807, 2.05) is 32.0 Å². The van der Waals surface area contributed by atoms with E-state index in [0.29, 0.717) is 35.4 Å². The van der Waals surface area contributed by atoms with Crippen LogP contribution in [0.2, 0.25) is 0 Å². The maximum atomic E-state index is 13.3. The van der Waals surface area contributed by atoms with Crippen LogP contribution in [0, 0.1) is 6.92 Å². The summed E-state index contributed by atoms with van der Waals surface area (Å²) in [5.41, 5.74) is 3.00. The van der Waals surface area contributed by atoms with Crippen molar-refractivity contribution in [3.05, 3.63) is 58.9 Å². The van der Waals surface area contributed by atoms with Crippen LogP contribution in [0.3, 0.4) is 0 Å². The van der Waals surface area contributed by atoms with Gasteiger partial charge in [-0.25, -0.2) is 13.4 Å². The molecular formula is C22H26N4O4S. The van der Waals surface area contributed by atoms with Gasteiger partial charge in [0.05, 0.1) is 22.4 Å². The second-order valence-corrected chi connectivity index (χ2v) is 10.1. The number of hydrogen-bond acceptors (Lipinski definition) is 6. The molecule has 8 nitrogen and oxygen atoms in total. The molecule has 1 aliphatic rings. The lowest BCUT2D eigenvalue weighted by Crippen LogP contribution is -2.50. The average Bonchev–Trinajstić information content (AvgIpc) is 3.14. The molecule has 4 rings (SSSR count). The molecule has 1 saturated heterocycles. The molecule has 0 bridgehead atoms. The predicted molar refractivity (Wildman–Crippen MR) is 117 cm³/mol. The molecule has 2 aromatic heterocycles. The molecular weight excluding hydrogens is 416 g/mol. The van der Waals surface area contributed by atoms with E-state index < -0.39 is 10.0 Å². The first-order valence-electron chi connectivity index (χ1n) is 10.3. The molecule has 9 heteroatoms. The van der Waals surface area contributed by atoms with E-state index in [1.165, 1.54) is 4.31 Å². The number of sulfonamides is 1. The summed E-state index contributed by atoms with van der Waals surface area (Å²) >= 11 is 0. The topological polar surface area (TPSA) is 96.6 Å². The number of carbonyl (C=O) groups is 1. The van der Waals surface area contributed by atoms with E-state index in [9.17, 15) is 13.2 Å². The summed E-state index contributed by atoms with van der Waals surface area (Å²) in [4.78, 5) is 19.5. The number of fused-ring (bicyclic) bond motifs is 1. The van der Waals surface area contributed by atoms with Crippen molar-refractivity contribution >= 4 is 27.0 Å². The van der Waals surface area contributed by atoms with Gasteiger partial charge in [-0.2, -0.15) is 4.31 Å². The number of benzene rings is 1. The Labute approximate surface area is 181 Å². The smallest absolute Gasteiger partial charge is 0.259 e. The van der Waals surface area contributed by atoms with Gasteiger partial charge >= 0.3 is 0 Å². The van der Waals surface area contributed by atoms with Crippen molar-refractivity contribution in [3.8, 4) is 0 Å². The minimum atomic E-state index is -3.44. The summed E-state index contributed by atoms with van der Waals surface area (Å²) in [7, 11) is -3.44. The third kappa shape index (κ3) is 4.33. The number of amides is 1. The Morgan fingerprint density at radius 3 is 2.45 bits per heavy atom. The lowest BCUT2D eigenvalue weighted by Gasteiger charge is -2.34. The van der Waals surface area contributed by atoms with Crippen LogP contribution in [0.5, 0.6) is 0 Å². The van der Waals surface area contributed by atoms with Crippen LogP contribution in [0.4, 0.5) is 0 Å². The first-order valence-corrected chi connectivity index (χ1v) is 11.9. The Bertz CT molecular complexity index is 1200. The zero-order valence-electron chi connectivity index (χ0n) is 17.9. The van der Waals surface area contributed by atoms with Crippen molar-refractivity contribution in [2.75, 3.05) is 26.2 Å². The standard InChI is InChI=1S/C22H26N4O4S/c1-15(2)19-13-18(20-16(3)24-30-21(20)23-19)22(27)25-9-11-26(12-10-25)31(28,29)14-17-7-5-4-6-8-17/h4-8,13,15H,9-12,14H2,1-3H3. The Hall–Kier alpha value is -2.78. The molecule has 31 heavy (non-hydrogen) atoms. The predicted octanol–water partition coefficient (Wildman–Crippen LogP) is 2.94. The van der Waals surface area contributed by atoms with Crippen molar-refractivity contribution in [2.45, 2.75) is 32.4 Å². The number of hydrogen-bond donors (Lipinski definition) is 0. The van der Waals surface area contributed by atoms with Gasteiger partial charge in [-0.05, 0) is 24.5 Å². The lowest BCUT2D eigenvalue weighted by molar-refractivity contribution is 0.0699. The maximum absolute atomic E-state index is 13.3. The SMILES string of the molecule is Cc1noc2nc(C(C)C)cc(C(=O)N3CCN(S(=O)(=O)Cc4ccccc4)CC3)c12. The summed E-state index contributed by atoms with van der Waals surface area (Å²) in [6.45, 7) is 7.00. The fourth-order valence-corrected chi connectivity index (χ4v) is 5.31. The number of aryl methyl sites for hydroxylation is 1. The summed E-state index contributed by atoms with van der Waals surface area (Å²) in [6, 6.07) is 10.9. The van der Waals surface area contributed by atoms with E-state index in [-0.39, 0.29) is 30.7 Å². The van der Waals surface area contributed by atoms with Crippen molar-refractivity contribution in [1.29, 1.82) is 0 Å². The van der Waals surface area contributed by atoms with Crippen molar-refractivity contribution < 1.29 is 17.7 Å². The van der Waals surface area contributed by atoms with E-state index in [1.54, 1.807) is 30.0 Å². The molecule has 0 unspecified atom stereocenters. The highest BCUT2D eigenvalue weighted by atomic mass is 32.2. The van der Waals surface area contributed by atoms with Gasteiger partial charge in [0.2, 0.25) is 10.0 Å². The number of carbonyl (C=O) groups excluding carboxylic acids is 1. The molecule has 1 aliphatic heterocycles. The van der Waals surface area contributed by atoms with Crippen LogP contribution in [-0.2, 0) is 15.8 Å².